The van der Waals surface area contributed by atoms with Crippen molar-refractivity contribution in [1.29, 1.82) is 0 Å². The molecule has 0 unspecified atom stereocenters. The molecule has 9 heteroatoms. The largest absolute Gasteiger partial charge is 0.463 e. The van der Waals surface area contributed by atoms with Crippen LogP contribution in [0.3, 0.4) is 0 Å². The van der Waals surface area contributed by atoms with Crippen molar-refractivity contribution in [3.05, 3.63) is 23.2 Å². The van der Waals surface area contributed by atoms with Gasteiger partial charge >= 0.3 is 6.01 Å². The standard InChI is InChI=1S/C9H9ClN6O2/c1-2-18-9-14-8(15-16-9)13-7(17)5-3-12-6(10)4-11-5/h3-4H,2H2,1H3,(H2,13,14,15,16,17). The number of carbonyl (C=O) groups excluding carboxylic acids is 1. The van der Waals surface area contributed by atoms with Gasteiger partial charge in [0.05, 0.1) is 19.0 Å². The van der Waals surface area contributed by atoms with Crippen molar-refractivity contribution in [2.75, 3.05) is 11.9 Å². The second kappa shape index (κ2) is 5.41. The summed E-state index contributed by atoms with van der Waals surface area (Å²) in [5.74, 6) is -0.307. The molecule has 0 spiro atoms. The van der Waals surface area contributed by atoms with Gasteiger partial charge in [0.25, 0.3) is 5.91 Å². The molecule has 0 saturated carbocycles. The molecule has 18 heavy (non-hydrogen) atoms. The van der Waals surface area contributed by atoms with Crippen LogP contribution in [0.25, 0.3) is 0 Å². The zero-order valence-electron chi connectivity index (χ0n) is 9.35. The number of halogens is 1. The SMILES string of the molecule is CCOc1n[nH]c(NC(=O)c2cnc(Cl)cn2)n1. The van der Waals surface area contributed by atoms with E-state index in [1.54, 1.807) is 6.92 Å². The summed E-state index contributed by atoms with van der Waals surface area (Å²) in [5.41, 5.74) is 0.119. The molecule has 0 aliphatic carbocycles. The molecule has 0 radical (unpaired) electrons. The van der Waals surface area contributed by atoms with Gasteiger partial charge in [-0.15, -0.1) is 5.10 Å². The Kier molecular flexibility index (Phi) is 3.68. The Morgan fingerprint density at radius 3 is 3.00 bits per heavy atom. The molecule has 1 amide bonds. The first kappa shape index (κ1) is 12.2. The van der Waals surface area contributed by atoms with Crippen molar-refractivity contribution in [2.45, 2.75) is 6.92 Å². The van der Waals surface area contributed by atoms with Gasteiger partial charge in [0.15, 0.2) is 0 Å². The number of ether oxygens (including phenoxy) is 1. The van der Waals surface area contributed by atoms with E-state index in [9.17, 15) is 4.79 Å². The van der Waals surface area contributed by atoms with E-state index >= 15 is 0 Å². The van der Waals surface area contributed by atoms with Crippen LogP contribution in [0.2, 0.25) is 5.15 Å². The fraction of sp³-hybridized carbons (Fsp3) is 0.222. The molecule has 2 aromatic heterocycles. The maximum absolute atomic E-state index is 11.7. The third-order valence-corrected chi connectivity index (χ3v) is 2.02. The van der Waals surface area contributed by atoms with Crippen LogP contribution in [-0.2, 0) is 0 Å². The van der Waals surface area contributed by atoms with Crippen LogP contribution in [0, 0.1) is 0 Å². The third-order valence-electron chi connectivity index (χ3n) is 1.82. The van der Waals surface area contributed by atoms with Crippen molar-refractivity contribution in [3.8, 4) is 6.01 Å². The summed E-state index contributed by atoms with van der Waals surface area (Å²) >= 11 is 5.56. The number of H-pyrrole nitrogens is 1. The van der Waals surface area contributed by atoms with Crippen LogP contribution in [-0.4, -0.2) is 37.7 Å². The van der Waals surface area contributed by atoms with E-state index in [1.807, 2.05) is 0 Å². The van der Waals surface area contributed by atoms with Gasteiger partial charge < -0.3 is 4.74 Å². The molecule has 0 fully saturated rings. The second-order valence-corrected chi connectivity index (χ2v) is 3.47. The molecule has 0 aliphatic rings. The van der Waals surface area contributed by atoms with Gasteiger partial charge in [0.2, 0.25) is 5.95 Å². The Morgan fingerprint density at radius 2 is 2.33 bits per heavy atom. The number of carbonyl (C=O) groups is 1. The van der Waals surface area contributed by atoms with Crippen LogP contribution in [0.15, 0.2) is 12.4 Å². The summed E-state index contributed by atoms with van der Waals surface area (Å²) in [5, 5.41) is 8.92. The lowest BCUT2D eigenvalue weighted by Gasteiger charge is -1.99. The van der Waals surface area contributed by atoms with Gasteiger partial charge in [-0.2, -0.15) is 4.98 Å². The lowest BCUT2D eigenvalue weighted by Crippen LogP contribution is -2.14. The third kappa shape index (κ3) is 2.92. The molecular formula is C9H9ClN6O2. The highest BCUT2D eigenvalue weighted by Gasteiger charge is 2.11. The Hall–Kier alpha value is -2.22. The van der Waals surface area contributed by atoms with E-state index < -0.39 is 5.91 Å². The quantitative estimate of drug-likeness (QED) is 0.853. The van der Waals surface area contributed by atoms with Gasteiger partial charge in [-0.05, 0) is 6.92 Å². The van der Waals surface area contributed by atoms with E-state index in [1.165, 1.54) is 12.4 Å². The van der Waals surface area contributed by atoms with Crippen molar-refractivity contribution in [1.82, 2.24) is 25.1 Å². The second-order valence-electron chi connectivity index (χ2n) is 3.08. The van der Waals surface area contributed by atoms with Gasteiger partial charge in [0, 0.05) is 0 Å². The van der Waals surface area contributed by atoms with Gasteiger partial charge in [-0.1, -0.05) is 11.6 Å². The Bertz CT molecular complexity index is 540. The Labute approximate surface area is 107 Å². The average Bonchev–Trinajstić information content (AvgIpc) is 2.78. The molecule has 0 aromatic carbocycles. The van der Waals surface area contributed by atoms with Crippen LogP contribution >= 0.6 is 11.6 Å². The van der Waals surface area contributed by atoms with Crippen LogP contribution in [0.5, 0.6) is 6.01 Å². The van der Waals surface area contributed by atoms with E-state index in [0.717, 1.165) is 0 Å². The summed E-state index contributed by atoms with van der Waals surface area (Å²) in [6, 6.07) is 0.162. The Balaban J connectivity index is 2.04. The monoisotopic (exact) mass is 268 g/mol. The minimum atomic E-state index is -0.474. The Morgan fingerprint density at radius 1 is 1.50 bits per heavy atom. The molecule has 0 aliphatic heterocycles. The van der Waals surface area contributed by atoms with E-state index in [-0.39, 0.29) is 22.8 Å². The van der Waals surface area contributed by atoms with Crippen LogP contribution in [0.4, 0.5) is 5.95 Å². The minimum Gasteiger partial charge on any atom is -0.463 e. The van der Waals surface area contributed by atoms with Crippen LogP contribution in [0.1, 0.15) is 17.4 Å². The number of amides is 1. The first-order valence-electron chi connectivity index (χ1n) is 5.03. The lowest BCUT2D eigenvalue weighted by molar-refractivity contribution is 0.102. The van der Waals surface area contributed by atoms with E-state index in [0.29, 0.717) is 6.61 Å². The molecule has 94 valence electrons. The summed E-state index contributed by atoms with van der Waals surface area (Å²) < 4.78 is 5.04. The zero-order chi connectivity index (χ0) is 13.0. The topological polar surface area (TPSA) is 106 Å². The van der Waals surface area contributed by atoms with Crippen molar-refractivity contribution in [2.24, 2.45) is 0 Å². The number of aromatic amines is 1. The fourth-order valence-electron chi connectivity index (χ4n) is 1.10. The predicted octanol–water partition coefficient (Wildman–Crippen LogP) is 0.899. The summed E-state index contributed by atoms with van der Waals surface area (Å²) in [6.45, 7) is 2.24. The summed E-state index contributed by atoms with van der Waals surface area (Å²) in [7, 11) is 0. The number of rotatable bonds is 4. The molecule has 0 bridgehead atoms. The predicted molar refractivity (Wildman–Crippen MR) is 62.5 cm³/mol. The molecule has 2 rings (SSSR count). The number of hydrogen-bond acceptors (Lipinski definition) is 6. The summed E-state index contributed by atoms with van der Waals surface area (Å²) in [4.78, 5) is 23.2. The first-order valence-corrected chi connectivity index (χ1v) is 5.41. The normalized spacial score (nSPS) is 10.1. The first-order chi connectivity index (χ1) is 8.69. The molecule has 2 aromatic rings. The fourth-order valence-corrected chi connectivity index (χ4v) is 1.19. The molecule has 0 saturated heterocycles. The molecule has 2 heterocycles. The molecule has 2 N–H and O–H groups in total. The number of nitrogens with zero attached hydrogens (tertiary/aromatic N) is 4. The summed E-state index contributed by atoms with van der Waals surface area (Å²) in [6.07, 6.45) is 2.54. The van der Waals surface area contributed by atoms with Gasteiger partial charge in [-0.3, -0.25) is 10.1 Å². The zero-order valence-corrected chi connectivity index (χ0v) is 10.1. The number of anilines is 1. The maximum atomic E-state index is 11.7. The molecule has 0 atom stereocenters. The van der Waals surface area contributed by atoms with Gasteiger partial charge in [0.1, 0.15) is 10.8 Å². The lowest BCUT2D eigenvalue weighted by atomic mass is 10.4. The number of aromatic nitrogens is 5. The van der Waals surface area contributed by atoms with Crippen molar-refractivity contribution >= 4 is 23.5 Å². The minimum absolute atomic E-state index is 0.119. The highest BCUT2D eigenvalue weighted by atomic mass is 35.5. The van der Waals surface area contributed by atoms with Crippen molar-refractivity contribution < 1.29 is 9.53 Å². The maximum Gasteiger partial charge on any atom is 0.337 e. The molecular weight excluding hydrogens is 260 g/mol. The van der Waals surface area contributed by atoms with Gasteiger partial charge in [-0.25, -0.2) is 15.1 Å². The average molecular weight is 269 g/mol. The van der Waals surface area contributed by atoms with Crippen LogP contribution < -0.4 is 10.1 Å². The highest BCUT2D eigenvalue weighted by Crippen LogP contribution is 2.07. The smallest absolute Gasteiger partial charge is 0.337 e. The number of nitrogens with one attached hydrogen (secondary N) is 2. The van der Waals surface area contributed by atoms with E-state index in [2.05, 4.69) is 30.5 Å². The highest BCUT2D eigenvalue weighted by molar-refractivity contribution is 6.29. The molecule has 8 nitrogen and oxygen atoms in total. The van der Waals surface area contributed by atoms with Crippen molar-refractivity contribution in [3.63, 3.8) is 0 Å². The number of hydrogen-bond donors (Lipinski definition) is 2. The van der Waals surface area contributed by atoms with E-state index in [4.69, 9.17) is 16.3 Å².